The van der Waals surface area contributed by atoms with Gasteiger partial charge in [-0.3, -0.25) is 9.69 Å². The number of nitrogens with zero attached hydrogens (tertiary/aromatic N) is 4. The van der Waals surface area contributed by atoms with Gasteiger partial charge in [0.15, 0.2) is 0 Å². The molecule has 1 fully saturated rings. The number of hydrogen-bond acceptors (Lipinski definition) is 8. The molecule has 2 aromatic rings. The lowest BCUT2D eigenvalue weighted by Gasteiger charge is -2.34. The van der Waals surface area contributed by atoms with Gasteiger partial charge in [0.2, 0.25) is 21.9 Å². The molecule has 2 heterocycles. The maximum absolute atomic E-state index is 12.8. The molecule has 11 heteroatoms. The molecule has 1 saturated heterocycles. The van der Waals surface area contributed by atoms with Gasteiger partial charge in [-0.1, -0.05) is 13.8 Å². The highest BCUT2D eigenvalue weighted by Gasteiger charge is 2.28. The van der Waals surface area contributed by atoms with Crippen molar-refractivity contribution in [1.82, 2.24) is 24.9 Å². The molecule has 186 valence electrons. The van der Waals surface area contributed by atoms with Gasteiger partial charge in [0.1, 0.15) is 11.8 Å². The van der Waals surface area contributed by atoms with Crippen molar-refractivity contribution in [2.24, 2.45) is 5.92 Å². The zero-order valence-corrected chi connectivity index (χ0v) is 20.8. The van der Waals surface area contributed by atoms with E-state index in [1.165, 1.54) is 19.2 Å². The summed E-state index contributed by atoms with van der Waals surface area (Å²) in [4.78, 5) is 26.0. The molecule has 1 aromatic heterocycles. The number of carbonyl (C=O) groups excluding carboxylic acids is 1. The lowest BCUT2D eigenvalue weighted by molar-refractivity contribution is -0.123. The van der Waals surface area contributed by atoms with E-state index < -0.39 is 16.1 Å². The summed E-state index contributed by atoms with van der Waals surface area (Å²) in [5.74, 6) is 0.789. The van der Waals surface area contributed by atoms with Gasteiger partial charge >= 0.3 is 0 Å². The molecule has 0 spiro atoms. The predicted molar refractivity (Wildman–Crippen MR) is 130 cm³/mol. The molecule has 3 rings (SSSR count). The first kappa shape index (κ1) is 25.9. The predicted octanol–water partition coefficient (Wildman–Crippen LogP) is 1.12. The third-order valence-electron chi connectivity index (χ3n) is 5.76. The third kappa shape index (κ3) is 7.12. The summed E-state index contributed by atoms with van der Waals surface area (Å²) in [5.41, 5.74) is 0. The number of benzene rings is 1. The van der Waals surface area contributed by atoms with E-state index in [0.29, 0.717) is 12.3 Å². The minimum atomic E-state index is -3.84. The van der Waals surface area contributed by atoms with E-state index in [1.54, 1.807) is 24.5 Å². The molecule has 1 aliphatic rings. The fraction of sp³-hybridized carbons (Fsp3) is 0.522. The summed E-state index contributed by atoms with van der Waals surface area (Å²) < 4.78 is 33.2. The van der Waals surface area contributed by atoms with Crippen LogP contribution in [0.2, 0.25) is 0 Å². The Morgan fingerprint density at radius 2 is 1.74 bits per heavy atom. The van der Waals surface area contributed by atoms with Crippen molar-refractivity contribution in [3.05, 3.63) is 42.7 Å². The van der Waals surface area contributed by atoms with E-state index in [4.69, 9.17) is 4.74 Å². The first-order valence-electron chi connectivity index (χ1n) is 11.5. The molecule has 0 saturated carbocycles. The van der Waals surface area contributed by atoms with Crippen molar-refractivity contribution in [1.29, 1.82) is 0 Å². The summed E-state index contributed by atoms with van der Waals surface area (Å²) in [6.07, 6.45) is 4.28. The van der Waals surface area contributed by atoms with Crippen molar-refractivity contribution in [3.63, 3.8) is 0 Å². The van der Waals surface area contributed by atoms with Crippen molar-refractivity contribution in [3.8, 4) is 5.75 Å². The van der Waals surface area contributed by atoms with Crippen LogP contribution in [0.1, 0.15) is 20.3 Å². The zero-order chi connectivity index (χ0) is 24.6. The van der Waals surface area contributed by atoms with Crippen molar-refractivity contribution in [2.45, 2.75) is 31.2 Å². The van der Waals surface area contributed by atoms with E-state index in [9.17, 15) is 13.2 Å². The van der Waals surface area contributed by atoms with Crippen LogP contribution in [0.3, 0.4) is 0 Å². The minimum Gasteiger partial charge on any atom is -0.497 e. The second-order valence-electron chi connectivity index (χ2n) is 8.54. The molecule has 1 aromatic carbocycles. The summed E-state index contributed by atoms with van der Waals surface area (Å²) in [6, 6.07) is 7.01. The fourth-order valence-corrected chi connectivity index (χ4v) is 5.08. The second-order valence-corrected chi connectivity index (χ2v) is 10.3. The van der Waals surface area contributed by atoms with Crippen LogP contribution in [0, 0.1) is 5.92 Å². The number of anilines is 1. The smallest absolute Gasteiger partial charge is 0.241 e. The molecule has 34 heavy (non-hydrogen) atoms. The molecule has 0 bridgehead atoms. The SMILES string of the molecule is COc1ccc(S(=O)(=O)N[C@H](C(=O)NCCCN2CCN(c3ncccn3)CC2)C(C)C)cc1. The number of sulfonamides is 1. The van der Waals surface area contributed by atoms with Gasteiger partial charge in [-0.05, 0) is 49.2 Å². The molecule has 0 aliphatic carbocycles. The Morgan fingerprint density at radius 3 is 2.32 bits per heavy atom. The summed E-state index contributed by atoms with van der Waals surface area (Å²) in [7, 11) is -2.33. The van der Waals surface area contributed by atoms with Crippen LogP contribution >= 0.6 is 0 Å². The highest BCUT2D eigenvalue weighted by Crippen LogP contribution is 2.17. The molecule has 0 radical (unpaired) electrons. The molecular formula is C23H34N6O4S. The lowest BCUT2D eigenvalue weighted by Crippen LogP contribution is -2.50. The zero-order valence-electron chi connectivity index (χ0n) is 20.0. The Morgan fingerprint density at radius 1 is 1.09 bits per heavy atom. The number of ether oxygens (including phenoxy) is 1. The summed E-state index contributed by atoms with van der Waals surface area (Å²) >= 11 is 0. The molecule has 1 amide bonds. The Labute approximate surface area is 201 Å². The number of rotatable bonds is 11. The summed E-state index contributed by atoms with van der Waals surface area (Å²) in [6.45, 7) is 8.50. The molecule has 0 unspecified atom stereocenters. The van der Waals surface area contributed by atoms with E-state index in [0.717, 1.165) is 45.1 Å². The molecular weight excluding hydrogens is 456 g/mol. The second kappa shape index (κ2) is 12.1. The van der Waals surface area contributed by atoms with Crippen LogP contribution in [0.5, 0.6) is 5.75 Å². The Hall–Kier alpha value is -2.76. The molecule has 1 atom stereocenters. The van der Waals surface area contributed by atoms with Crippen LogP contribution in [0.15, 0.2) is 47.6 Å². The van der Waals surface area contributed by atoms with Gasteiger partial charge in [-0.25, -0.2) is 18.4 Å². The number of methoxy groups -OCH3 is 1. The monoisotopic (exact) mass is 490 g/mol. The van der Waals surface area contributed by atoms with Crippen molar-refractivity contribution in [2.75, 3.05) is 51.3 Å². The lowest BCUT2D eigenvalue weighted by atomic mass is 10.1. The van der Waals surface area contributed by atoms with Gasteiger partial charge < -0.3 is 15.0 Å². The van der Waals surface area contributed by atoms with Crippen molar-refractivity contribution >= 4 is 21.9 Å². The van der Waals surface area contributed by atoms with Crippen LogP contribution in [0.4, 0.5) is 5.95 Å². The van der Waals surface area contributed by atoms with Gasteiger partial charge in [-0.15, -0.1) is 0 Å². The number of hydrogen-bond donors (Lipinski definition) is 2. The van der Waals surface area contributed by atoms with Gasteiger partial charge in [0.05, 0.1) is 12.0 Å². The highest BCUT2D eigenvalue weighted by atomic mass is 32.2. The van der Waals surface area contributed by atoms with E-state index >= 15 is 0 Å². The van der Waals surface area contributed by atoms with E-state index in [-0.39, 0.29) is 16.7 Å². The van der Waals surface area contributed by atoms with Crippen LogP contribution in [-0.4, -0.2) is 81.6 Å². The van der Waals surface area contributed by atoms with Gasteiger partial charge in [0, 0.05) is 45.1 Å². The largest absolute Gasteiger partial charge is 0.497 e. The number of carbonyl (C=O) groups is 1. The summed E-state index contributed by atoms with van der Waals surface area (Å²) in [5, 5.41) is 2.89. The number of nitrogens with one attached hydrogen (secondary N) is 2. The molecule has 10 nitrogen and oxygen atoms in total. The van der Waals surface area contributed by atoms with Crippen LogP contribution in [-0.2, 0) is 14.8 Å². The number of amides is 1. The van der Waals surface area contributed by atoms with Crippen LogP contribution in [0.25, 0.3) is 0 Å². The van der Waals surface area contributed by atoms with E-state index in [2.05, 4.69) is 29.8 Å². The quantitative estimate of drug-likeness (QED) is 0.450. The first-order valence-corrected chi connectivity index (χ1v) is 13.0. The van der Waals surface area contributed by atoms with E-state index in [1.807, 2.05) is 19.9 Å². The third-order valence-corrected chi connectivity index (χ3v) is 7.22. The Kier molecular flexibility index (Phi) is 9.20. The fourth-order valence-electron chi connectivity index (χ4n) is 3.73. The highest BCUT2D eigenvalue weighted by molar-refractivity contribution is 7.89. The standard InChI is InChI=1S/C23H34N6O4S/c1-18(2)21(27-34(31,32)20-8-6-19(33-3)7-9-20)22(30)24-12-5-13-28-14-16-29(17-15-28)23-25-10-4-11-26-23/h4,6-11,18,21,27H,5,12-17H2,1-3H3,(H,24,30)/t21-/m0/s1. The first-order chi connectivity index (χ1) is 16.3. The molecule has 1 aliphatic heterocycles. The van der Waals surface area contributed by atoms with Crippen molar-refractivity contribution < 1.29 is 17.9 Å². The number of piperazine rings is 1. The number of aromatic nitrogens is 2. The normalized spacial score (nSPS) is 15.8. The van der Waals surface area contributed by atoms with Gasteiger partial charge in [0.25, 0.3) is 0 Å². The molecule has 2 N–H and O–H groups in total. The maximum atomic E-state index is 12.8. The minimum absolute atomic E-state index is 0.0896. The topological polar surface area (TPSA) is 117 Å². The Balaban J connectivity index is 1.43. The average Bonchev–Trinajstić information content (AvgIpc) is 2.86. The maximum Gasteiger partial charge on any atom is 0.241 e. The Bertz CT molecular complexity index is 1010. The van der Waals surface area contributed by atoms with Crippen LogP contribution < -0.4 is 19.7 Å². The average molecular weight is 491 g/mol. The van der Waals surface area contributed by atoms with Gasteiger partial charge in [-0.2, -0.15) is 4.72 Å².